The number of anilines is 1. The largest absolute Gasteiger partial charge is 0.347 e. The molecule has 94 valence electrons. The summed E-state index contributed by atoms with van der Waals surface area (Å²) in [5, 5.41) is 0. The first kappa shape index (κ1) is 12.3. The Bertz CT molecular complexity index is 549. The average molecular weight is 246 g/mol. The summed E-state index contributed by atoms with van der Waals surface area (Å²) in [5.74, 6) is -1.39. The summed E-state index contributed by atoms with van der Waals surface area (Å²) >= 11 is 0. The Labute approximate surface area is 105 Å². The van der Waals surface area contributed by atoms with E-state index in [-0.39, 0.29) is 12.5 Å². The van der Waals surface area contributed by atoms with Crippen LogP contribution in [0.5, 0.6) is 0 Å². The molecule has 0 N–H and O–H groups in total. The lowest BCUT2D eigenvalue weighted by Gasteiger charge is -2.18. The molecule has 0 radical (unpaired) electrons. The summed E-state index contributed by atoms with van der Waals surface area (Å²) in [6.45, 7) is 1.75. The summed E-state index contributed by atoms with van der Waals surface area (Å²) < 4.78 is 0. The van der Waals surface area contributed by atoms with Gasteiger partial charge in [-0.1, -0.05) is 11.6 Å². The van der Waals surface area contributed by atoms with Crippen molar-refractivity contribution in [2.75, 3.05) is 25.5 Å². The van der Waals surface area contributed by atoms with Crippen molar-refractivity contribution in [3.8, 4) is 0 Å². The van der Waals surface area contributed by atoms with E-state index in [9.17, 15) is 14.4 Å². The minimum atomic E-state index is -0.634. The zero-order valence-electron chi connectivity index (χ0n) is 10.6. The number of hydrogen-bond donors (Lipinski definition) is 0. The molecule has 0 spiro atoms. The van der Waals surface area contributed by atoms with Crippen LogP contribution in [0.25, 0.3) is 0 Å². The fraction of sp³-hybridized carbons (Fsp3) is 0.308. The molecule has 5 heteroatoms. The molecule has 1 heterocycles. The minimum absolute atomic E-state index is 0.104. The highest BCUT2D eigenvalue weighted by atomic mass is 16.2. The molecule has 0 aromatic heterocycles. The number of nitrogens with zero attached hydrogens (tertiary/aromatic N) is 2. The smallest absolute Gasteiger partial charge is 0.299 e. The van der Waals surface area contributed by atoms with Gasteiger partial charge in [0.25, 0.3) is 11.7 Å². The number of benzene rings is 1. The Hall–Kier alpha value is -2.17. The molecule has 2 amide bonds. The highest BCUT2D eigenvalue weighted by Gasteiger charge is 2.36. The predicted octanol–water partition coefficient (Wildman–Crippen LogP) is 0.613. The first-order valence-corrected chi connectivity index (χ1v) is 5.59. The van der Waals surface area contributed by atoms with Crippen molar-refractivity contribution < 1.29 is 14.4 Å². The summed E-state index contributed by atoms with van der Waals surface area (Å²) in [6.07, 6.45) is 0. The molecule has 0 saturated heterocycles. The molecular formula is C13H14N2O3. The quantitative estimate of drug-likeness (QED) is 0.718. The molecule has 1 aliphatic rings. The Balaban J connectivity index is 2.37. The summed E-state index contributed by atoms with van der Waals surface area (Å²) in [6, 6.07) is 5.20. The van der Waals surface area contributed by atoms with Crippen molar-refractivity contribution in [3.05, 3.63) is 29.3 Å². The lowest BCUT2D eigenvalue weighted by Crippen LogP contribution is -2.39. The first-order chi connectivity index (χ1) is 8.41. The summed E-state index contributed by atoms with van der Waals surface area (Å²) in [7, 11) is 3.22. The molecule has 1 aromatic rings. The molecule has 1 aliphatic heterocycles. The number of carbonyl (C=O) groups excluding carboxylic acids is 3. The van der Waals surface area contributed by atoms with Crippen LogP contribution in [0.4, 0.5) is 5.69 Å². The van der Waals surface area contributed by atoms with Gasteiger partial charge in [0.2, 0.25) is 5.91 Å². The second kappa shape index (κ2) is 4.25. The third kappa shape index (κ3) is 1.88. The SMILES string of the molecule is Cc1ccc2c(c1)C(=O)C(=O)N2CC(=O)N(C)C. The van der Waals surface area contributed by atoms with Crippen LogP contribution in [0, 0.1) is 6.92 Å². The van der Waals surface area contributed by atoms with Gasteiger partial charge in [-0.05, 0) is 19.1 Å². The fourth-order valence-electron chi connectivity index (χ4n) is 1.85. The second-order valence-corrected chi connectivity index (χ2v) is 4.53. The van der Waals surface area contributed by atoms with Crippen molar-refractivity contribution in [1.29, 1.82) is 0 Å². The minimum Gasteiger partial charge on any atom is -0.347 e. The Morgan fingerprint density at radius 3 is 2.56 bits per heavy atom. The third-order valence-electron chi connectivity index (χ3n) is 2.92. The van der Waals surface area contributed by atoms with E-state index in [1.165, 1.54) is 9.80 Å². The normalized spacial score (nSPS) is 13.8. The van der Waals surface area contributed by atoms with Crippen LogP contribution in [0.2, 0.25) is 0 Å². The molecule has 18 heavy (non-hydrogen) atoms. The van der Waals surface area contributed by atoms with Crippen LogP contribution in [0.3, 0.4) is 0 Å². The van der Waals surface area contributed by atoms with Crippen LogP contribution in [-0.2, 0) is 9.59 Å². The van der Waals surface area contributed by atoms with E-state index in [4.69, 9.17) is 0 Å². The molecule has 1 aromatic carbocycles. The van der Waals surface area contributed by atoms with E-state index in [1.807, 2.05) is 13.0 Å². The predicted molar refractivity (Wildman–Crippen MR) is 66.6 cm³/mol. The van der Waals surface area contributed by atoms with Crippen molar-refractivity contribution in [1.82, 2.24) is 4.90 Å². The number of ketones is 1. The molecular weight excluding hydrogens is 232 g/mol. The molecule has 0 atom stereocenters. The maximum absolute atomic E-state index is 11.8. The molecule has 0 aliphatic carbocycles. The lowest BCUT2D eigenvalue weighted by molar-refractivity contribution is -0.128. The van der Waals surface area contributed by atoms with Crippen LogP contribution in [-0.4, -0.2) is 43.1 Å². The van der Waals surface area contributed by atoms with Gasteiger partial charge >= 0.3 is 0 Å². The number of fused-ring (bicyclic) bond motifs is 1. The Morgan fingerprint density at radius 2 is 1.94 bits per heavy atom. The number of likely N-dealkylation sites (N-methyl/N-ethyl adjacent to an activating group) is 1. The van der Waals surface area contributed by atoms with Gasteiger partial charge < -0.3 is 4.90 Å². The summed E-state index contributed by atoms with van der Waals surface area (Å²) in [5.41, 5.74) is 1.81. The molecule has 2 rings (SSSR count). The van der Waals surface area contributed by atoms with E-state index in [1.54, 1.807) is 26.2 Å². The topological polar surface area (TPSA) is 57.7 Å². The monoisotopic (exact) mass is 246 g/mol. The second-order valence-electron chi connectivity index (χ2n) is 4.53. The molecule has 0 saturated carbocycles. The molecule has 0 bridgehead atoms. The van der Waals surface area contributed by atoms with Gasteiger partial charge in [-0.2, -0.15) is 0 Å². The van der Waals surface area contributed by atoms with Gasteiger partial charge in [-0.25, -0.2) is 0 Å². The van der Waals surface area contributed by atoms with Crippen molar-refractivity contribution in [2.45, 2.75) is 6.92 Å². The molecule has 0 unspecified atom stereocenters. The van der Waals surface area contributed by atoms with Gasteiger partial charge in [0.15, 0.2) is 0 Å². The van der Waals surface area contributed by atoms with Gasteiger partial charge in [0.1, 0.15) is 6.54 Å². The lowest BCUT2D eigenvalue weighted by atomic mass is 10.1. The van der Waals surface area contributed by atoms with Gasteiger partial charge in [-0.3, -0.25) is 19.3 Å². The van der Waals surface area contributed by atoms with Crippen molar-refractivity contribution in [2.24, 2.45) is 0 Å². The number of hydrogen-bond acceptors (Lipinski definition) is 3. The first-order valence-electron chi connectivity index (χ1n) is 5.59. The Kier molecular flexibility index (Phi) is 2.90. The standard InChI is InChI=1S/C13H14N2O3/c1-8-4-5-10-9(6-8)12(17)13(18)15(10)7-11(16)14(2)3/h4-6H,7H2,1-3H3. The number of aryl methyl sites for hydroxylation is 1. The molecule has 0 fully saturated rings. The Morgan fingerprint density at radius 1 is 1.28 bits per heavy atom. The molecule has 5 nitrogen and oxygen atoms in total. The van der Waals surface area contributed by atoms with Gasteiger partial charge in [0.05, 0.1) is 11.3 Å². The number of Topliss-reactive ketones (excluding diaryl/α,β-unsaturated/α-hetero) is 1. The zero-order chi connectivity index (χ0) is 13.4. The van der Waals surface area contributed by atoms with Crippen LogP contribution in [0.15, 0.2) is 18.2 Å². The number of rotatable bonds is 2. The zero-order valence-corrected chi connectivity index (χ0v) is 10.6. The van der Waals surface area contributed by atoms with Crippen molar-refractivity contribution in [3.63, 3.8) is 0 Å². The van der Waals surface area contributed by atoms with E-state index >= 15 is 0 Å². The fourth-order valence-corrected chi connectivity index (χ4v) is 1.85. The van der Waals surface area contributed by atoms with Gasteiger partial charge in [0, 0.05) is 14.1 Å². The summed E-state index contributed by atoms with van der Waals surface area (Å²) in [4.78, 5) is 37.9. The van der Waals surface area contributed by atoms with Gasteiger partial charge in [-0.15, -0.1) is 0 Å². The maximum atomic E-state index is 11.8. The average Bonchev–Trinajstić information content (AvgIpc) is 2.54. The van der Waals surface area contributed by atoms with Crippen LogP contribution >= 0.6 is 0 Å². The van der Waals surface area contributed by atoms with Crippen molar-refractivity contribution >= 4 is 23.3 Å². The number of carbonyl (C=O) groups is 3. The highest BCUT2D eigenvalue weighted by molar-refractivity contribution is 6.52. The third-order valence-corrected chi connectivity index (χ3v) is 2.92. The maximum Gasteiger partial charge on any atom is 0.299 e. The van der Waals surface area contributed by atoms with E-state index in [0.29, 0.717) is 11.3 Å². The number of amides is 2. The van der Waals surface area contributed by atoms with Crippen LogP contribution < -0.4 is 4.90 Å². The van der Waals surface area contributed by atoms with E-state index < -0.39 is 11.7 Å². The van der Waals surface area contributed by atoms with E-state index in [0.717, 1.165) is 5.56 Å². The van der Waals surface area contributed by atoms with E-state index in [2.05, 4.69) is 0 Å². The van der Waals surface area contributed by atoms with Crippen LogP contribution in [0.1, 0.15) is 15.9 Å². The highest BCUT2D eigenvalue weighted by Crippen LogP contribution is 2.29.